The maximum absolute atomic E-state index is 10.6. The lowest BCUT2D eigenvalue weighted by Gasteiger charge is -2.10. The number of hydrogen-bond acceptors (Lipinski definition) is 7. The predicted molar refractivity (Wildman–Crippen MR) is 105 cm³/mol. The van der Waals surface area contributed by atoms with Gasteiger partial charge in [0, 0.05) is 12.7 Å². The minimum Gasteiger partial charge on any atom is -0.475 e. The average Bonchev–Trinajstić information content (AvgIpc) is 3.27. The minimum absolute atomic E-state index is 0.141. The Morgan fingerprint density at radius 1 is 1.29 bits per heavy atom. The number of carboxylic acid groups (broad SMARTS) is 1. The first-order chi connectivity index (χ1) is 14.6. The number of alkyl halides is 3. The van der Waals surface area contributed by atoms with Crippen LogP contribution in [-0.2, 0) is 9.45 Å². The van der Waals surface area contributed by atoms with Crippen LogP contribution in [0.1, 0.15) is 5.56 Å². The van der Waals surface area contributed by atoms with Crippen LogP contribution in [0.25, 0.3) is 22.6 Å². The first kappa shape index (κ1) is 23.5. The molecule has 0 amide bonds. The number of aliphatic carboxylic acids is 1. The predicted octanol–water partition coefficient (Wildman–Crippen LogP) is 2.43. The molecule has 1 aromatic carbocycles. The normalized spacial score (nSPS) is 10.6. The third kappa shape index (κ3) is 5.85. The number of anilines is 1. The highest BCUT2D eigenvalue weighted by Crippen LogP contribution is 2.31. The Labute approximate surface area is 174 Å². The number of aromatic nitrogens is 1. The summed E-state index contributed by atoms with van der Waals surface area (Å²) in [6.07, 6.45) is -3.54. The molecule has 8 nitrogen and oxygen atoms in total. The molecule has 0 saturated heterocycles. The number of furan rings is 1. The number of nitrogens with two attached hydrogens (primary N) is 1. The van der Waals surface area contributed by atoms with Crippen LogP contribution < -0.4 is 11.2 Å². The highest BCUT2D eigenvalue weighted by atomic mass is 19.4. The van der Waals surface area contributed by atoms with Crippen LogP contribution in [0.4, 0.5) is 19.0 Å². The van der Waals surface area contributed by atoms with E-state index in [-0.39, 0.29) is 5.82 Å². The summed E-state index contributed by atoms with van der Waals surface area (Å²) in [6.45, 7) is 0. The number of hydrogen-bond donors (Lipinski definition) is 3. The number of nitriles is 1. The highest BCUT2D eigenvalue weighted by Gasteiger charge is 2.38. The Bertz CT molecular complexity index is 1080. The number of rotatable bonds is 4. The quantitative estimate of drug-likeness (QED) is 0.533. The zero-order chi connectivity index (χ0) is 23.2. The highest BCUT2D eigenvalue weighted by molar-refractivity contribution is 6.59. The van der Waals surface area contributed by atoms with Crippen LogP contribution in [0.5, 0.6) is 0 Å². The van der Waals surface area contributed by atoms with Crippen LogP contribution >= 0.6 is 0 Å². The molecule has 2 heterocycles. The van der Waals surface area contributed by atoms with Crippen molar-refractivity contribution in [1.82, 2.24) is 4.98 Å². The largest absolute Gasteiger partial charge is 0.490 e. The van der Waals surface area contributed by atoms with Crippen LogP contribution in [0.3, 0.4) is 0 Å². The monoisotopic (exact) mass is 433 g/mol. The number of carboxylic acids is 1. The van der Waals surface area contributed by atoms with E-state index in [0.717, 1.165) is 5.56 Å². The van der Waals surface area contributed by atoms with Crippen molar-refractivity contribution in [3.63, 3.8) is 0 Å². The van der Waals surface area contributed by atoms with E-state index in [4.69, 9.17) is 24.7 Å². The fourth-order valence-corrected chi connectivity index (χ4v) is 2.42. The summed E-state index contributed by atoms with van der Waals surface area (Å²) >= 11 is 0. The van der Waals surface area contributed by atoms with Crippen molar-refractivity contribution >= 4 is 24.4 Å². The molecule has 0 radical (unpaired) electrons. The van der Waals surface area contributed by atoms with Gasteiger partial charge in [-0.05, 0) is 29.2 Å². The van der Waals surface area contributed by atoms with E-state index in [2.05, 4.69) is 11.1 Å². The molecular formula is C19H15BF3N3O5. The topological polar surface area (TPSA) is 143 Å². The van der Waals surface area contributed by atoms with E-state index in [1.807, 2.05) is 0 Å². The molecule has 3 aromatic rings. The molecule has 0 aliphatic heterocycles. The van der Waals surface area contributed by atoms with Gasteiger partial charge in [0.2, 0.25) is 0 Å². The molecule has 0 spiro atoms. The summed E-state index contributed by atoms with van der Waals surface area (Å²) < 4.78 is 42.0. The molecular weight excluding hydrogens is 418 g/mol. The molecule has 0 bridgehead atoms. The van der Waals surface area contributed by atoms with Gasteiger partial charge in [-0.3, -0.25) is 0 Å². The van der Waals surface area contributed by atoms with Crippen LogP contribution in [0, 0.1) is 11.3 Å². The Kier molecular flexibility index (Phi) is 7.41. The van der Waals surface area contributed by atoms with Gasteiger partial charge >= 0.3 is 19.3 Å². The van der Waals surface area contributed by atoms with Crippen molar-refractivity contribution < 1.29 is 37.2 Å². The van der Waals surface area contributed by atoms with Gasteiger partial charge < -0.3 is 24.9 Å². The molecule has 0 saturated carbocycles. The smallest absolute Gasteiger partial charge is 0.475 e. The lowest BCUT2D eigenvalue weighted by Crippen LogP contribution is -2.31. The number of benzene rings is 1. The second kappa shape index (κ2) is 9.79. The fraction of sp³-hybridized carbons (Fsp3) is 0.105. The maximum Gasteiger partial charge on any atom is 0.490 e. The molecule has 0 unspecified atom stereocenters. The number of nitrogens with zero attached hydrogens (tertiary/aromatic N) is 2. The lowest BCUT2D eigenvalue weighted by atomic mass is 9.79. The van der Waals surface area contributed by atoms with E-state index >= 15 is 0 Å². The number of halogens is 3. The molecule has 0 aliphatic rings. The summed E-state index contributed by atoms with van der Waals surface area (Å²) in [4.78, 5) is 13.1. The van der Waals surface area contributed by atoms with Crippen molar-refractivity contribution in [3.05, 3.63) is 54.3 Å². The van der Waals surface area contributed by atoms with Crippen molar-refractivity contribution in [2.45, 2.75) is 6.18 Å². The van der Waals surface area contributed by atoms with Crippen molar-refractivity contribution in [2.24, 2.45) is 0 Å². The minimum atomic E-state index is -5.08. The van der Waals surface area contributed by atoms with E-state index in [9.17, 15) is 23.5 Å². The first-order valence-corrected chi connectivity index (χ1v) is 8.44. The Morgan fingerprint density at radius 3 is 2.35 bits per heavy atom. The first-order valence-electron chi connectivity index (χ1n) is 8.44. The van der Waals surface area contributed by atoms with E-state index < -0.39 is 19.3 Å². The van der Waals surface area contributed by atoms with Crippen LogP contribution in [0.15, 0.2) is 53.1 Å². The van der Waals surface area contributed by atoms with Crippen molar-refractivity contribution in [1.29, 1.82) is 5.26 Å². The number of nitrogen functional groups attached to an aromatic ring is 1. The Balaban J connectivity index is 0.000000423. The standard InChI is InChI=1S/C17H14BN3O3.C2HF3O2/c1-23-18(22)12-6-4-11(5-7-12)13-9-15(16-3-2-8-24-16)21-17(20)14(13)10-19;3-2(4,5)1(6)7/h2-9,22H,1H3,(H2,20,21);(H,6,7). The Morgan fingerprint density at radius 2 is 1.90 bits per heavy atom. The molecule has 12 heteroatoms. The van der Waals surface area contributed by atoms with Gasteiger partial charge in [-0.1, -0.05) is 24.3 Å². The fourth-order valence-electron chi connectivity index (χ4n) is 2.42. The average molecular weight is 433 g/mol. The zero-order valence-corrected chi connectivity index (χ0v) is 15.9. The van der Waals surface area contributed by atoms with Crippen molar-refractivity contribution in [2.75, 3.05) is 12.8 Å². The summed E-state index contributed by atoms with van der Waals surface area (Å²) in [7, 11) is 0.432. The van der Waals surface area contributed by atoms with Gasteiger partial charge in [0.25, 0.3) is 0 Å². The van der Waals surface area contributed by atoms with Gasteiger partial charge in [-0.15, -0.1) is 0 Å². The van der Waals surface area contributed by atoms with Gasteiger partial charge in [-0.25, -0.2) is 9.78 Å². The lowest BCUT2D eigenvalue weighted by molar-refractivity contribution is -0.192. The second-order valence-electron chi connectivity index (χ2n) is 5.92. The van der Waals surface area contributed by atoms with Gasteiger partial charge in [0.1, 0.15) is 23.1 Å². The van der Waals surface area contributed by atoms with Gasteiger partial charge in [0.15, 0.2) is 5.76 Å². The van der Waals surface area contributed by atoms with E-state index in [1.165, 1.54) is 7.11 Å². The van der Waals surface area contributed by atoms with Crippen LogP contribution in [-0.4, -0.2) is 41.5 Å². The van der Waals surface area contributed by atoms with E-state index in [1.54, 1.807) is 48.7 Å². The molecule has 3 rings (SSSR count). The molecule has 2 aromatic heterocycles. The molecule has 0 atom stereocenters. The number of pyridine rings is 1. The maximum atomic E-state index is 10.6. The third-order valence-electron chi connectivity index (χ3n) is 3.91. The van der Waals surface area contributed by atoms with Gasteiger partial charge in [-0.2, -0.15) is 18.4 Å². The second-order valence-corrected chi connectivity index (χ2v) is 5.92. The molecule has 0 fully saturated rings. The summed E-state index contributed by atoms with van der Waals surface area (Å²) in [6, 6.07) is 14.4. The molecule has 160 valence electrons. The van der Waals surface area contributed by atoms with Gasteiger partial charge in [0.05, 0.1) is 6.26 Å². The molecule has 0 aliphatic carbocycles. The number of carbonyl (C=O) groups is 1. The molecule has 4 N–H and O–H groups in total. The summed E-state index contributed by atoms with van der Waals surface area (Å²) in [5.41, 5.74) is 8.83. The zero-order valence-electron chi connectivity index (χ0n) is 15.9. The third-order valence-corrected chi connectivity index (χ3v) is 3.91. The summed E-state index contributed by atoms with van der Waals surface area (Å²) in [5.74, 6) is -2.05. The summed E-state index contributed by atoms with van der Waals surface area (Å²) in [5, 5.41) is 26.2. The van der Waals surface area contributed by atoms with Crippen molar-refractivity contribution in [3.8, 4) is 28.7 Å². The molecule has 31 heavy (non-hydrogen) atoms. The SMILES string of the molecule is COB(O)c1ccc(-c2cc(-c3ccco3)nc(N)c2C#N)cc1.O=C(O)C(F)(F)F. The van der Waals surface area contributed by atoms with Crippen LogP contribution in [0.2, 0.25) is 0 Å². The van der Waals surface area contributed by atoms with E-state index in [0.29, 0.717) is 28.0 Å². The Hall–Kier alpha value is -3.82.